The van der Waals surface area contributed by atoms with Crippen molar-refractivity contribution in [3.8, 4) is 0 Å². The topological polar surface area (TPSA) is 29.5 Å². The van der Waals surface area contributed by atoms with Crippen molar-refractivity contribution in [2.24, 2.45) is 0 Å². The summed E-state index contributed by atoms with van der Waals surface area (Å²) in [5.74, 6) is 0.228. The lowest BCUT2D eigenvalue weighted by Gasteiger charge is -2.14. The molecule has 4 heteroatoms. The van der Waals surface area contributed by atoms with Crippen molar-refractivity contribution in [1.29, 1.82) is 0 Å². The van der Waals surface area contributed by atoms with E-state index in [2.05, 4.69) is 15.9 Å². The molecule has 0 bridgehead atoms. The summed E-state index contributed by atoms with van der Waals surface area (Å²) < 4.78 is 5.16. The van der Waals surface area contributed by atoms with Gasteiger partial charge in [-0.05, 0) is 6.42 Å². The molecule has 1 rings (SSSR count). The first-order valence-corrected chi connectivity index (χ1v) is 5.26. The molecule has 12 heavy (non-hydrogen) atoms. The quantitative estimate of drug-likeness (QED) is 0.684. The summed E-state index contributed by atoms with van der Waals surface area (Å²) in [6, 6.07) is 0. The van der Waals surface area contributed by atoms with Gasteiger partial charge in [-0.15, -0.1) is 0 Å². The average Bonchev–Trinajstić information content (AvgIpc) is 2.52. The standard InChI is InChI=1S/C8H14BrNO2/c1-12-7-3-5-10(6-7)8(11)2-4-9/h7H,2-6H2,1H3. The van der Waals surface area contributed by atoms with Gasteiger partial charge in [-0.3, -0.25) is 4.79 Å². The molecule has 1 unspecified atom stereocenters. The predicted octanol–water partition coefficient (Wildman–Crippen LogP) is 1.02. The third-order valence-corrected chi connectivity index (χ3v) is 2.54. The van der Waals surface area contributed by atoms with E-state index in [4.69, 9.17) is 4.74 Å². The van der Waals surface area contributed by atoms with Gasteiger partial charge < -0.3 is 9.64 Å². The first kappa shape index (κ1) is 9.99. The van der Waals surface area contributed by atoms with E-state index >= 15 is 0 Å². The zero-order valence-corrected chi connectivity index (χ0v) is 8.84. The lowest BCUT2D eigenvalue weighted by atomic mass is 10.3. The van der Waals surface area contributed by atoms with Crippen LogP contribution in [-0.4, -0.2) is 42.4 Å². The fourth-order valence-corrected chi connectivity index (χ4v) is 1.73. The Morgan fingerprint density at radius 3 is 3.00 bits per heavy atom. The Kier molecular flexibility index (Phi) is 4.01. The lowest BCUT2D eigenvalue weighted by Crippen LogP contribution is -2.29. The molecule has 1 aliphatic rings. The number of rotatable bonds is 3. The molecular formula is C8H14BrNO2. The second-order valence-corrected chi connectivity index (χ2v) is 3.72. The molecule has 70 valence electrons. The molecule has 0 aromatic heterocycles. The molecule has 0 aliphatic carbocycles. The Morgan fingerprint density at radius 2 is 2.50 bits per heavy atom. The maximum Gasteiger partial charge on any atom is 0.223 e. The average molecular weight is 236 g/mol. The summed E-state index contributed by atoms with van der Waals surface area (Å²) in [4.78, 5) is 13.2. The summed E-state index contributed by atoms with van der Waals surface area (Å²) in [5, 5.41) is 0.750. The van der Waals surface area contributed by atoms with Crippen molar-refractivity contribution in [1.82, 2.24) is 4.90 Å². The van der Waals surface area contributed by atoms with Crippen molar-refractivity contribution in [2.75, 3.05) is 25.5 Å². The zero-order chi connectivity index (χ0) is 8.97. The molecule has 0 aromatic carbocycles. The highest BCUT2D eigenvalue weighted by atomic mass is 79.9. The van der Waals surface area contributed by atoms with E-state index in [1.807, 2.05) is 4.90 Å². The van der Waals surface area contributed by atoms with E-state index in [1.165, 1.54) is 0 Å². The van der Waals surface area contributed by atoms with Gasteiger partial charge in [0.15, 0.2) is 0 Å². The predicted molar refractivity (Wildman–Crippen MR) is 50.4 cm³/mol. The van der Waals surface area contributed by atoms with Gasteiger partial charge >= 0.3 is 0 Å². The molecule has 1 saturated heterocycles. The lowest BCUT2D eigenvalue weighted by molar-refractivity contribution is -0.130. The van der Waals surface area contributed by atoms with Crippen molar-refractivity contribution in [3.63, 3.8) is 0 Å². The number of hydrogen-bond donors (Lipinski definition) is 0. The minimum Gasteiger partial charge on any atom is -0.380 e. The molecular weight excluding hydrogens is 222 g/mol. The second-order valence-electron chi connectivity index (χ2n) is 2.93. The number of halogens is 1. The highest BCUT2D eigenvalue weighted by Gasteiger charge is 2.24. The summed E-state index contributed by atoms with van der Waals surface area (Å²) >= 11 is 3.25. The molecule has 1 heterocycles. The molecule has 0 N–H and O–H groups in total. The fourth-order valence-electron chi connectivity index (χ4n) is 1.39. The second kappa shape index (κ2) is 4.82. The number of ether oxygens (including phenoxy) is 1. The molecule has 0 radical (unpaired) electrons. The van der Waals surface area contributed by atoms with Crippen LogP contribution in [0.4, 0.5) is 0 Å². The van der Waals surface area contributed by atoms with Gasteiger partial charge in [-0.2, -0.15) is 0 Å². The molecule has 3 nitrogen and oxygen atoms in total. The van der Waals surface area contributed by atoms with Crippen molar-refractivity contribution < 1.29 is 9.53 Å². The first-order chi connectivity index (χ1) is 5.77. The Hall–Kier alpha value is -0.0900. The Bertz CT molecular complexity index is 163. The summed E-state index contributed by atoms with van der Waals surface area (Å²) in [7, 11) is 1.70. The SMILES string of the molecule is COC1CCN(C(=O)CCBr)C1. The van der Waals surface area contributed by atoms with Crippen molar-refractivity contribution >= 4 is 21.8 Å². The van der Waals surface area contributed by atoms with Gasteiger partial charge in [0, 0.05) is 32.0 Å². The van der Waals surface area contributed by atoms with E-state index in [0.29, 0.717) is 6.42 Å². The number of carbonyl (C=O) groups is 1. The third-order valence-electron chi connectivity index (χ3n) is 2.14. The van der Waals surface area contributed by atoms with E-state index in [0.717, 1.165) is 24.8 Å². The molecule has 0 aromatic rings. The number of amides is 1. The number of methoxy groups -OCH3 is 1. The Balaban J connectivity index is 2.31. The van der Waals surface area contributed by atoms with E-state index in [1.54, 1.807) is 7.11 Å². The zero-order valence-electron chi connectivity index (χ0n) is 7.25. The smallest absolute Gasteiger partial charge is 0.223 e. The summed E-state index contributed by atoms with van der Waals surface area (Å²) in [6.45, 7) is 1.62. The van der Waals surface area contributed by atoms with Gasteiger partial charge in [0.25, 0.3) is 0 Å². The third kappa shape index (κ3) is 2.45. The fraction of sp³-hybridized carbons (Fsp3) is 0.875. The van der Waals surface area contributed by atoms with Gasteiger partial charge in [0.05, 0.1) is 6.10 Å². The van der Waals surface area contributed by atoms with Gasteiger partial charge in [-0.25, -0.2) is 0 Å². The van der Waals surface area contributed by atoms with Crippen molar-refractivity contribution in [3.05, 3.63) is 0 Å². The largest absolute Gasteiger partial charge is 0.380 e. The van der Waals surface area contributed by atoms with Gasteiger partial charge in [0.1, 0.15) is 0 Å². The summed E-state index contributed by atoms with van der Waals surface area (Å²) in [6.07, 6.45) is 1.82. The van der Waals surface area contributed by atoms with Crippen LogP contribution in [0.2, 0.25) is 0 Å². The highest BCUT2D eigenvalue weighted by Crippen LogP contribution is 2.12. The van der Waals surface area contributed by atoms with Crippen LogP contribution in [0.25, 0.3) is 0 Å². The number of carbonyl (C=O) groups excluding carboxylic acids is 1. The molecule has 1 fully saturated rings. The highest BCUT2D eigenvalue weighted by molar-refractivity contribution is 9.09. The Labute approximate surface area is 81.2 Å². The Morgan fingerprint density at radius 1 is 1.75 bits per heavy atom. The van der Waals surface area contributed by atoms with Gasteiger partial charge in [-0.1, -0.05) is 15.9 Å². The van der Waals surface area contributed by atoms with Crippen LogP contribution in [0, 0.1) is 0 Å². The van der Waals surface area contributed by atoms with Crippen LogP contribution < -0.4 is 0 Å². The van der Waals surface area contributed by atoms with Gasteiger partial charge in [0.2, 0.25) is 5.91 Å². The molecule has 0 saturated carbocycles. The minimum absolute atomic E-state index is 0.228. The van der Waals surface area contributed by atoms with Crippen LogP contribution in [0.15, 0.2) is 0 Å². The first-order valence-electron chi connectivity index (χ1n) is 4.14. The van der Waals surface area contributed by atoms with Crippen LogP contribution in [-0.2, 0) is 9.53 Å². The van der Waals surface area contributed by atoms with E-state index in [9.17, 15) is 4.79 Å². The number of nitrogens with zero attached hydrogens (tertiary/aromatic N) is 1. The van der Waals surface area contributed by atoms with Crippen LogP contribution in [0.1, 0.15) is 12.8 Å². The van der Waals surface area contributed by atoms with Crippen molar-refractivity contribution in [2.45, 2.75) is 18.9 Å². The van der Waals surface area contributed by atoms with E-state index in [-0.39, 0.29) is 12.0 Å². The molecule has 1 amide bonds. The van der Waals surface area contributed by atoms with E-state index < -0.39 is 0 Å². The molecule has 1 aliphatic heterocycles. The normalized spacial score (nSPS) is 23.2. The molecule has 1 atom stereocenters. The van der Waals surface area contributed by atoms with Crippen LogP contribution >= 0.6 is 15.9 Å². The minimum atomic E-state index is 0.228. The monoisotopic (exact) mass is 235 g/mol. The summed E-state index contributed by atoms with van der Waals surface area (Å²) in [5.41, 5.74) is 0. The number of hydrogen-bond acceptors (Lipinski definition) is 2. The number of likely N-dealkylation sites (tertiary alicyclic amines) is 1. The van der Waals surface area contributed by atoms with Crippen LogP contribution in [0.5, 0.6) is 0 Å². The number of alkyl halides is 1. The maximum absolute atomic E-state index is 11.3. The van der Waals surface area contributed by atoms with Crippen LogP contribution in [0.3, 0.4) is 0 Å². The maximum atomic E-state index is 11.3. The molecule has 0 spiro atoms.